The molecule has 1 fully saturated rings. The molecule has 0 bridgehead atoms. The largest absolute Gasteiger partial charge is 0.493 e. The molecule has 0 spiro atoms. The van der Waals surface area contributed by atoms with Crippen molar-refractivity contribution >= 4 is 35.6 Å². The number of halogens is 4. The Morgan fingerprint density at radius 3 is 2.68 bits per heavy atom. The van der Waals surface area contributed by atoms with E-state index >= 15 is 0 Å². The third-order valence-electron chi connectivity index (χ3n) is 4.28. The van der Waals surface area contributed by atoms with Crippen molar-refractivity contribution in [2.75, 3.05) is 52.3 Å². The molecular weight excluding hydrogens is 488 g/mol. The van der Waals surface area contributed by atoms with Crippen LogP contribution in [0.15, 0.2) is 23.2 Å². The zero-order valence-corrected chi connectivity index (χ0v) is 18.6. The number of ether oxygens (including phenoxy) is 2. The molecule has 2 N–H and O–H groups in total. The van der Waals surface area contributed by atoms with Gasteiger partial charge in [-0.15, -0.1) is 24.0 Å². The van der Waals surface area contributed by atoms with E-state index in [4.69, 9.17) is 9.47 Å². The van der Waals surface area contributed by atoms with Crippen molar-refractivity contribution < 1.29 is 22.6 Å². The Balaban J connectivity index is 0.00000392. The minimum atomic E-state index is -4.15. The molecular formula is C18H28F3IN4O2. The summed E-state index contributed by atoms with van der Waals surface area (Å²) in [5.74, 6) is 1.97. The van der Waals surface area contributed by atoms with Crippen LogP contribution in [0.1, 0.15) is 13.3 Å². The van der Waals surface area contributed by atoms with Crippen molar-refractivity contribution in [2.24, 2.45) is 10.9 Å². The van der Waals surface area contributed by atoms with Gasteiger partial charge in [-0.1, -0.05) is 0 Å². The molecule has 1 saturated heterocycles. The Bertz CT molecular complexity index is 644. The maximum absolute atomic E-state index is 12.5. The Hall–Kier alpha value is -1.43. The number of hydrogen-bond acceptors (Lipinski definition) is 4. The van der Waals surface area contributed by atoms with Crippen molar-refractivity contribution in [1.29, 1.82) is 0 Å². The van der Waals surface area contributed by atoms with Gasteiger partial charge < -0.3 is 20.1 Å². The van der Waals surface area contributed by atoms with Gasteiger partial charge in [-0.3, -0.25) is 9.89 Å². The van der Waals surface area contributed by atoms with Crippen molar-refractivity contribution in [1.82, 2.24) is 10.2 Å². The van der Waals surface area contributed by atoms with Gasteiger partial charge >= 0.3 is 6.18 Å². The molecule has 0 aromatic heterocycles. The summed E-state index contributed by atoms with van der Waals surface area (Å²) in [5.41, 5.74) is 0.772. The first kappa shape index (κ1) is 24.6. The van der Waals surface area contributed by atoms with Crippen LogP contribution in [0.3, 0.4) is 0 Å². The van der Waals surface area contributed by atoms with E-state index < -0.39 is 12.7 Å². The van der Waals surface area contributed by atoms with Crippen molar-refractivity contribution in [3.05, 3.63) is 18.2 Å². The third-order valence-corrected chi connectivity index (χ3v) is 4.28. The second-order valence-electron chi connectivity index (χ2n) is 6.38. The average molecular weight is 516 g/mol. The second-order valence-corrected chi connectivity index (χ2v) is 6.38. The lowest BCUT2D eigenvalue weighted by Gasteiger charge is -2.19. The lowest BCUT2D eigenvalue weighted by Crippen LogP contribution is -2.37. The number of aliphatic imine (C=N–C) groups is 1. The molecule has 1 aromatic rings. The van der Waals surface area contributed by atoms with E-state index in [9.17, 15) is 13.2 Å². The average Bonchev–Trinajstić information content (AvgIpc) is 3.05. The van der Waals surface area contributed by atoms with Crippen molar-refractivity contribution in [3.8, 4) is 11.5 Å². The van der Waals surface area contributed by atoms with Crippen LogP contribution in [0.2, 0.25) is 0 Å². The molecule has 160 valence electrons. The number of nitrogens with zero attached hydrogens (tertiary/aromatic N) is 2. The van der Waals surface area contributed by atoms with Gasteiger partial charge in [0.05, 0.1) is 20.3 Å². The summed E-state index contributed by atoms with van der Waals surface area (Å²) in [4.78, 5) is 5.61. The summed E-state index contributed by atoms with van der Waals surface area (Å²) < 4.78 is 48.3. The van der Waals surface area contributed by atoms with E-state index in [1.54, 1.807) is 20.2 Å². The maximum Gasteiger partial charge on any atom is 0.401 e. The first-order valence-corrected chi connectivity index (χ1v) is 8.92. The maximum atomic E-state index is 12.5. The lowest BCUT2D eigenvalue weighted by atomic mass is 10.1. The molecule has 0 amide bonds. The SMILES string of the molecule is CCOc1ccc(NC(=NC)NCC2CCN(CC(F)(F)F)C2)cc1OC.I. The van der Waals surface area contributed by atoms with E-state index in [1.165, 1.54) is 4.90 Å². The molecule has 1 atom stereocenters. The van der Waals surface area contributed by atoms with Crippen LogP contribution < -0.4 is 20.1 Å². The summed E-state index contributed by atoms with van der Waals surface area (Å²) in [7, 11) is 3.22. The predicted octanol–water partition coefficient (Wildman–Crippen LogP) is 3.58. The Morgan fingerprint density at radius 2 is 2.07 bits per heavy atom. The standard InChI is InChI=1S/C18H27F3N4O2.HI/c1-4-27-15-6-5-14(9-16(15)26-3)24-17(22-2)23-10-13-7-8-25(11-13)12-18(19,20)21;/h5-6,9,13H,4,7-8,10-12H2,1-3H3,(H2,22,23,24);1H. The number of anilines is 1. The Kier molecular flexibility index (Phi) is 10.1. The molecule has 1 heterocycles. The molecule has 28 heavy (non-hydrogen) atoms. The highest BCUT2D eigenvalue weighted by Gasteiger charge is 2.34. The lowest BCUT2D eigenvalue weighted by molar-refractivity contribution is -0.143. The monoisotopic (exact) mass is 516 g/mol. The minimum absolute atomic E-state index is 0. The van der Waals surface area contributed by atoms with E-state index in [1.807, 2.05) is 19.1 Å². The second kappa shape index (κ2) is 11.5. The highest BCUT2D eigenvalue weighted by molar-refractivity contribution is 14.0. The zero-order chi connectivity index (χ0) is 19.9. The molecule has 10 heteroatoms. The summed E-state index contributed by atoms with van der Waals surface area (Å²) in [6.07, 6.45) is -3.41. The number of guanidine groups is 1. The topological polar surface area (TPSA) is 58.1 Å². The van der Waals surface area contributed by atoms with Gasteiger partial charge in [0.15, 0.2) is 17.5 Å². The van der Waals surface area contributed by atoms with Gasteiger partial charge in [-0.25, -0.2) is 0 Å². The fraction of sp³-hybridized carbons (Fsp3) is 0.611. The summed E-state index contributed by atoms with van der Waals surface area (Å²) in [6.45, 7) is 3.05. The van der Waals surface area contributed by atoms with Gasteiger partial charge in [0.2, 0.25) is 0 Å². The van der Waals surface area contributed by atoms with Crippen LogP contribution in [-0.2, 0) is 0 Å². The fourth-order valence-electron chi connectivity index (χ4n) is 3.05. The molecule has 0 saturated carbocycles. The summed E-state index contributed by atoms with van der Waals surface area (Å²) in [5, 5.41) is 6.34. The highest BCUT2D eigenvalue weighted by atomic mass is 127. The summed E-state index contributed by atoms with van der Waals surface area (Å²) in [6, 6.07) is 5.46. The van der Waals surface area contributed by atoms with Crippen LogP contribution in [0.4, 0.5) is 18.9 Å². The molecule has 1 aliphatic rings. The number of methoxy groups -OCH3 is 1. The molecule has 6 nitrogen and oxygen atoms in total. The molecule has 1 unspecified atom stereocenters. The van der Waals surface area contributed by atoms with Gasteiger partial charge in [0, 0.05) is 31.9 Å². The van der Waals surface area contributed by atoms with E-state index in [0.717, 1.165) is 12.1 Å². The van der Waals surface area contributed by atoms with E-state index in [2.05, 4.69) is 15.6 Å². The van der Waals surface area contributed by atoms with Crippen molar-refractivity contribution in [2.45, 2.75) is 19.5 Å². The van der Waals surface area contributed by atoms with E-state index in [-0.39, 0.29) is 29.9 Å². The number of alkyl halides is 3. The molecule has 1 aliphatic heterocycles. The van der Waals surface area contributed by atoms with Gasteiger partial charge in [0.1, 0.15) is 0 Å². The molecule has 0 radical (unpaired) electrons. The number of benzene rings is 1. The minimum Gasteiger partial charge on any atom is -0.493 e. The first-order chi connectivity index (χ1) is 12.8. The van der Waals surface area contributed by atoms with Crippen LogP contribution >= 0.6 is 24.0 Å². The van der Waals surface area contributed by atoms with Crippen LogP contribution in [-0.4, -0.2) is 64.0 Å². The number of hydrogen-bond donors (Lipinski definition) is 2. The third kappa shape index (κ3) is 7.90. The Morgan fingerprint density at radius 1 is 1.32 bits per heavy atom. The molecule has 2 rings (SSSR count). The number of rotatable bonds is 7. The zero-order valence-electron chi connectivity index (χ0n) is 16.3. The van der Waals surface area contributed by atoms with Crippen molar-refractivity contribution in [3.63, 3.8) is 0 Å². The summed E-state index contributed by atoms with van der Waals surface area (Å²) >= 11 is 0. The fourth-order valence-corrected chi connectivity index (χ4v) is 3.05. The van der Waals surface area contributed by atoms with Gasteiger partial charge in [-0.05, 0) is 37.9 Å². The van der Waals surface area contributed by atoms with Gasteiger partial charge in [0.25, 0.3) is 0 Å². The van der Waals surface area contributed by atoms with Crippen LogP contribution in [0.25, 0.3) is 0 Å². The first-order valence-electron chi connectivity index (χ1n) is 8.92. The van der Waals surface area contributed by atoms with E-state index in [0.29, 0.717) is 43.7 Å². The van der Waals surface area contributed by atoms with Gasteiger partial charge in [-0.2, -0.15) is 13.2 Å². The smallest absolute Gasteiger partial charge is 0.401 e. The predicted molar refractivity (Wildman–Crippen MR) is 115 cm³/mol. The number of likely N-dealkylation sites (tertiary alicyclic amines) is 1. The molecule has 1 aromatic carbocycles. The van der Waals surface area contributed by atoms with Crippen LogP contribution in [0, 0.1) is 5.92 Å². The Labute approximate surface area is 180 Å². The molecule has 0 aliphatic carbocycles. The highest BCUT2D eigenvalue weighted by Crippen LogP contribution is 2.30. The number of nitrogens with one attached hydrogen (secondary N) is 2. The quantitative estimate of drug-likeness (QED) is 0.330. The normalized spacial score (nSPS) is 17.8. The van der Waals surface area contributed by atoms with Crippen LogP contribution in [0.5, 0.6) is 11.5 Å².